The number of rotatable bonds is 7. The molecule has 1 fully saturated rings. The van der Waals surface area contributed by atoms with Crippen molar-refractivity contribution in [2.45, 2.75) is 39.2 Å². The molecule has 6 heteroatoms. The molecule has 1 unspecified atom stereocenters. The van der Waals surface area contributed by atoms with Gasteiger partial charge in [0.1, 0.15) is 11.6 Å². The Morgan fingerprint density at radius 3 is 2.71 bits per heavy atom. The molecule has 164 valence electrons. The first-order chi connectivity index (χ1) is 14.9. The van der Waals surface area contributed by atoms with Gasteiger partial charge in [0.15, 0.2) is 6.61 Å². The summed E-state index contributed by atoms with van der Waals surface area (Å²) in [6.07, 6.45) is 2.59. The van der Waals surface area contributed by atoms with Crippen LogP contribution in [0.4, 0.5) is 4.39 Å². The number of ether oxygens (including phenoxy) is 1. The predicted octanol–water partition coefficient (Wildman–Crippen LogP) is 3.86. The van der Waals surface area contributed by atoms with E-state index in [9.17, 15) is 14.0 Å². The monoisotopic (exact) mass is 424 g/mol. The Kier molecular flexibility index (Phi) is 6.25. The number of hydrogen-bond acceptors (Lipinski definition) is 3. The van der Waals surface area contributed by atoms with Crippen LogP contribution in [0.2, 0.25) is 0 Å². The molecule has 0 bridgehead atoms. The summed E-state index contributed by atoms with van der Waals surface area (Å²) in [7, 11) is 0. The zero-order valence-corrected chi connectivity index (χ0v) is 18.1. The molecule has 0 spiro atoms. The highest BCUT2D eigenvalue weighted by Gasteiger charge is 2.39. The van der Waals surface area contributed by atoms with E-state index in [1.807, 2.05) is 43.0 Å². The third kappa shape index (κ3) is 5.06. The second-order valence-corrected chi connectivity index (χ2v) is 8.86. The van der Waals surface area contributed by atoms with E-state index < -0.39 is 0 Å². The molecule has 1 heterocycles. The van der Waals surface area contributed by atoms with Crippen LogP contribution < -0.4 is 10.1 Å². The fourth-order valence-corrected chi connectivity index (χ4v) is 4.04. The SMILES string of the molecule is CC(C)CNC(=O)COc1ccc2c(c1)C(c1cccc(F)c1)N(C(=O)C1CC1)CC2. The number of hydrogen-bond donors (Lipinski definition) is 1. The molecular weight excluding hydrogens is 395 g/mol. The number of carbonyl (C=O) groups excluding carboxylic acids is 2. The van der Waals surface area contributed by atoms with Crippen LogP contribution in [-0.4, -0.2) is 36.4 Å². The van der Waals surface area contributed by atoms with E-state index in [0.29, 0.717) is 24.8 Å². The first-order valence-corrected chi connectivity index (χ1v) is 11.0. The van der Waals surface area contributed by atoms with E-state index in [-0.39, 0.29) is 36.2 Å². The highest BCUT2D eigenvalue weighted by atomic mass is 19.1. The van der Waals surface area contributed by atoms with Crippen molar-refractivity contribution in [1.29, 1.82) is 0 Å². The first-order valence-electron chi connectivity index (χ1n) is 11.0. The van der Waals surface area contributed by atoms with Crippen molar-refractivity contribution in [3.63, 3.8) is 0 Å². The fraction of sp³-hybridized carbons (Fsp3) is 0.440. The molecule has 31 heavy (non-hydrogen) atoms. The zero-order valence-electron chi connectivity index (χ0n) is 18.1. The topological polar surface area (TPSA) is 58.6 Å². The number of halogens is 1. The number of nitrogens with one attached hydrogen (secondary N) is 1. The summed E-state index contributed by atoms with van der Waals surface area (Å²) in [5, 5.41) is 2.84. The summed E-state index contributed by atoms with van der Waals surface area (Å²) in [6.45, 7) is 5.21. The van der Waals surface area contributed by atoms with E-state index in [0.717, 1.165) is 36.0 Å². The Hall–Kier alpha value is -2.89. The van der Waals surface area contributed by atoms with E-state index >= 15 is 0 Å². The summed E-state index contributed by atoms with van der Waals surface area (Å²) in [5.74, 6) is 0.674. The number of carbonyl (C=O) groups is 2. The fourth-order valence-electron chi connectivity index (χ4n) is 4.04. The van der Waals surface area contributed by atoms with Crippen molar-refractivity contribution in [3.05, 3.63) is 65.0 Å². The normalized spacial score (nSPS) is 17.9. The van der Waals surface area contributed by atoms with Crippen molar-refractivity contribution < 1.29 is 18.7 Å². The van der Waals surface area contributed by atoms with Crippen LogP contribution in [0.25, 0.3) is 0 Å². The highest BCUT2D eigenvalue weighted by molar-refractivity contribution is 5.82. The number of fused-ring (bicyclic) bond motifs is 1. The van der Waals surface area contributed by atoms with Crippen molar-refractivity contribution in [2.24, 2.45) is 11.8 Å². The Morgan fingerprint density at radius 1 is 1.19 bits per heavy atom. The Balaban J connectivity index is 1.60. The summed E-state index contributed by atoms with van der Waals surface area (Å²) in [4.78, 5) is 26.9. The number of benzene rings is 2. The average Bonchev–Trinajstić information content (AvgIpc) is 3.60. The lowest BCUT2D eigenvalue weighted by molar-refractivity contribution is -0.134. The van der Waals surface area contributed by atoms with Gasteiger partial charge in [-0.05, 0) is 66.1 Å². The lowest BCUT2D eigenvalue weighted by Gasteiger charge is -2.38. The van der Waals surface area contributed by atoms with Crippen molar-refractivity contribution >= 4 is 11.8 Å². The van der Waals surface area contributed by atoms with E-state index in [2.05, 4.69) is 5.32 Å². The highest BCUT2D eigenvalue weighted by Crippen LogP contribution is 2.41. The number of amides is 2. The number of nitrogens with zero attached hydrogens (tertiary/aromatic N) is 1. The van der Waals surface area contributed by atoms with Crippen molar-refractivity contribution in [3.8, 4) is 5.75 Å². The standard InChI is InChI=1S/C25H29FN2O3/c1-16(2)14-27-23(29)15-31-21-9-8-17-10-11-28(25(30)18-6-7-18)24(22(17)13-21)19-4-3-5-20(26)12-19/h3-5,8-9,12-13,16,18,24H,6-7,10-11,14-15H2,1-2H3,(H,27,29). The molecule has 2 amide bonds. The molecule has 1 atom stereocenters. The summed E-state index contributed by atoms with van der Waals surface area (Å²) in [6, 6.07) is 11.8. The first kappa shape index (κ1) is 21.3. The second-order valence-electron chi connectivity index (χ2n) is 8.86. The van der Waals surface area contributed by atoms with Crippen LogP contribution in [0.3, 0.4) is 0 Å². The largest absolute Gasteiger partial charge is 0.484 e. The van der Waals surface area contributed by atoms with E-state index in [4.69, 9.17) is 4.74 Å². The van der Waals surface area contributed by atoms with Crippen LogP contribution in [0.15, 0.2) is 42.5 Å². The summed E-state index contributed by atoms with van der Waals surface area (Å²) >= 11 is 0. The lowest BCUT2D eigenvalue weighted by atomic mass is 9.87. The maximum atomic E-state index is 14.0. The van der Waals surface area contributed by atoms with Gasteiger partial charge in [-0.3, -0.25) is 9.59 Å². The molecule has 0 radical (unpaired) electrons. The van der Waals surface area contributed by atoms with Gasteiger partial charge in [-0.15, -0.1) is 0 Å². The van der Waals surface area contributed by atoms with Gasteiger partial charge in [-0.2, -0.15) is 0 Å². The van der Waals surface area contributed by atoms with Crippen LogP contribution >= 0.6 is 0 Å². The summed E-state index contributed by atoms with van der Waals surface area (Å²) in [5.41, 5.74) is 2.80. The molecule has 1 aliphatic heterocycles. The molecule has 0 saturated heterocycles. The molecule has 1 saturated carbocycles. The van der Waals surface area contributed by atoms with E-state index in [1.54, 1.807) is 6.07 Å². The minimum Gasteiger partial charge on any atom is -0.484 e. The van der Waals surface area contributed by atoms with E-state index in [1.165, 1.54) is 12.1 Å². The van der Waals surface area contributed by atoms with Crippen molar-refractivity contribution in [2.75, 3.05) is 19.7 Å². The third-order valence-corrected chi connectivity index (χ3v) is 5.80. The van der Waals surface area contributed by atoms with Gasteiger partial charge < -0.3 is 15.0 Å². The summed E-state index contributed by atoms with van der Waals surface area (Å²) < 4.78 is 19.8. The van der Waals surface area contributed by atoms with Gasteiger partial charge >= 0.3 is 0 Å². The molecule has 1 N–H and O–H groups in total. The third-order valence-electron chi connectivity index (χ3n) is 5.80. The molecule has 0 aromatic heterocycles. The minimum atomic E-state index is -0.356. The molecular formula is C25H29FN2O3. The minimum absolute atomic E-state index is 0.0686. The van der Waals surface area contributed by atoms with Crippen LogP contribution in [0.1, 0.15) is 49.4 Å². The Labute approximate surface area is 182 Å². The van der Waals surface area contributed by atoms with Crippen LogP contribution in [-0.2, 0) is 16.0 Å². The zero-order chi connectivity index (χ0) is 22.0. The molecule has 2 aromatic carbocycles. The van der Waals surface area contributed by atoms with Crippen LogP contribution in [0, 0.1) is 17.7 Å². The molecule has 5 nitrogen and oxygen atoms in total. The second kappa shape index (κ2) is 9.08. The Bertz CT molecular complexity index is 971. The average molecular weight is 425 g/mol. The maximum absolute atomic E-state index is 14.0. The van der Waals surface area contributed by atoms with Gasteiger partial charge in [0.25, 0.3) is 5.91 Å². The van der Waals surface area contributed by atoms with Gasteiger partial charge in [0, 0.05) is 19.0 Å². The molecule has 4 rings (SSSR count). The van der Waals surface area contributed by atoms with Crippen LogP contribution in [0.5, 0.6) is 5.75 Å². The lowest BCUT2D eigenvalue weighted by Crippen LogP contribution is -2.41. The smallest absolute Gasteiger partial charge is 0.257 e. The maximum Gasteiger partial charge on any atom is 0.257 e. The molecule has 2 aliphatic rings. The van der Waals surface area contributed by atoms with Gasteiger partial charge in [-0.25, -0.2) is 4.39 Å². The molecule has 1 aliphatic carbocycles. The van der Waals surface area contributed by atoms with Gasteiger partial charge in [-0.1, -0.05) is 32.0 Å². The van der Waals surface area contributed by atoms with Crippen molar-refractivity contribution in [1.82, 2.24) is 10.2 Å². The quantitative estimate of drug-likeness (QED) is 0.734. The Morgan fingerprint density at radius 2 is 2.00 bits per heavy atom. The van der Waals surface area contributed by atoms with Gasteiger partial charge in [0.2, 0.25) is 5.91 Å². The molecule has 2 aromatic rings. The predicted molar refractivity (Wildman–Crippen MR) is 116 cm³/mol. The van der Waals surface area contributed by atoms with Gasteiger partial charge in [0.05, 0.1) is 6.04 Å².